The van der Waals surface area contributed by atoms with Gasteiger partial charge in [-0.25, -0.2) is 0 Å². The molecule has 0 radical (unpaired) electrons. The van der Waals surface area contributed by atoms with Crippen LogP contribution in [0.1, 0.15) is 28.9 Å². The molecule has 3 rings (SSSR count). The number of carbonyl (C=O) groups excluding carboxylic acids is 1. The number of non-ortho nitro benzene ring substituents is 1. The third-order valence-electron chi connectivity index (χ3n) is 4.52. The summed E-state index contributed by atoms with van der Waals surface area (Å²) in [6.07, 6.45) is 0. The lowest BCUT2D eigenvalue weighted by Crippen LogP contribution is -2.18. The number of nitrogens with zero attached hydrogens (tertiary/aromatic N) is 2. The minimum absolute atomic E-state index is 0.113. The molecule has 2 N–H and O–H groups in total. The van der Waals surface area contributed by atoms with Crippen molar-refractivity contribution in [3.8, 4) is 0 Å². The number of nitro groups is 2. The first-order chi connectivity index (χ1) is 14.8. The highest BCUT2D eigenvalue weighted by Crippen LogP contribution is 2.36. The molecule has 0 aliphatic carbocycles. The first-order valence-electron chi connectivity index (χ1n) is 9.11. The SMILES string of the molecule is CC(Nc1c(C(=O)Nc2ccc(Cl)cc2)cc([N+](=O)[O-])cc1[N+](=O)[O-])c1ccccc1. The van der Waals surface area contributed by atoms with Crippen molar-refractivity contribution in [3.63, 3.8) is 0 Å². The zero-order valence-corrected chi connectivity index (χ0v) is 17.0. The molecule has 0 saturated carbocycles. The summed E-state index contributed by atoms with van der Waals surface area (Å²) < 4.78 is 0. The molecular weight excluding hydrogens is 424 g/mol. The summed E-state index contributed by atoms with van der Waals surface area (Å²) in [6.45, 7) is 1.77. The van der Waals surface area contributed by atoms with Crippen LogP contribution in [0.25, 0.3) is 0 Å². The highest BCUT2D eigenvalue weighted by Gasteiger charge is 2.28. The Bertz CT molecular complexity index is 1140. The van der Waals surface area contributed by atoms with Gasteiger partial charge in [-0.05, 0) is 36.8 Å². The molecule has 3 aromatic rings. The van der Waals surface area contributed by atoms with Crippen LogP contribution in [0.15, 0.2) is 66.7 Å². The molecule has 0 aliphatic heterocycles. The molecule has 0 heterocycles. The van der Waals surface area contributed by atoms with Gasteiger partial charge in [0.05, 0.1) is 21.5 Å². The van der Waals surface area contributed by atoms with E-state index in [0.717, 1.165) is 17.7 Å². The number of carbonyl (C=O) groups is 1. The Labute approximate surface area is 182 Å². The van der Waals surface area contributed by atoms with Crippen molar-refractivity contribution in [1.82, 2.24) is 0 Å². The third-order valence-corrected chi connectivity index (χ3v) is 4.77. The molecule has 1 amide bonds. The molecule has 3 aromatic carbocycles. The Kier molecular flexibility index (Phi) is 6.46. The second kappa shape index (κ2) is 9.23. The molecule has 31 heavy (non-hydrogen) atoms. The monoisotopic (exact) mass is 440 g/mol. The number of amides is 1. The smallest absolute Gasteiger partial charge is 0.300 e. The summed E-state index contributed by atoms with van der Waals surface area (Å²) >= 11 is 5.84. The van der Waals surface area contributed by atoms with E-state index >= 15 is 0 Å². The Balaban J connectivity index is 2.07. The zero-order valence-electron chi connectivity index (χ0n) is 16.2. The fourth-order valence-corrected chi connectivity index (χ4v) is 3.09. The largest absolute Gasteiger partial charge is 0.372 e. The summed E-state index contributed by atoms with van der Waals surface area (Å²) in [4.78, 5) is 34.4. The fraction of sp³-hybridized carbons (Fsp3) is 0.0952. The van der Waals surface area contributed by atoms with E-state index < -0.39 is 33.2 Å². The normalized spacial score (nSPS) is 11.4. The summed E-state index contributed by atoms with van der Waals surface area (Å²) in [5.41, 5.74) is -0.272. The van der Waals surface area contributed by atoms with Gasteiger partial charge in [-0.3, -0.25) is 25.0 Å². The minimum Gasteiger partial charge on any atom is -0.372 e. The van der Waals surface area contributed by atoms with E-state index in [2.05, 4.69) is 10.6 Å². The Hall–Kier alpha value is -3.98. The van der Waals surface area contributed by atoms with Gasteiger partial charge in [0, 0.05) is 22.8 Å². The number of hydrogen-bond acceptors (Lipinski definition) is 6. The standard InChI is InChI=1S/C21H17ClN4O5/c1-13(14-5-3-2-4-6-14)23-20-18(11-17(25(28)29)12-19(20)26(30)31)21(27)24-16-9-7-15(22)8-10-16/h2-13,23H,1H3,(H,24,27). The Morgan fingerprint density at radius 3 is 2.19 bits per heavy atom. The molecule has 0 aromatic heterocycles. The fourth-order valence-electron chi connectivity index (χ4n) is 2.97. The number of hydrogen-bond donors (Lipinski definition) is 2. The Morgan fingerprint density at radius 1 is 0.968 bits per heavy atom. The predicted octanol–water partition coefficient (Wildman–Crippen LogP) is 5.58. The summed E-state index contributed by atoms with van der Waals surface area (Å²) in [6, 6.07) is 16.7. The number of nitrogens with one attached hydrogen (secondary N) is 2. The van der Waals surface area contributed by atoms with Crippen molar-refractivity contribution >= 4 is 40.3 Å². The van der Waals surface area contributed by atoms with Gasteiger partial charge < -0.3 is 10.6 Å². The number of nitro benzene ring substituents is 2. The number of benzene rings is 3. The molecule has 10 heteroatoms. The van der Waals surface area contributed by atoms with Crippen molar-refractivity contribution in [3.05, 3.63) is 103 Å². The molecule has 0 saturated heterocycles. The van der Waals surface area contributed by atoms with Crippen LogP contribution in [-0.4, -0.2) is 15.8 Å². The molecule has 9 nitrogen and oxygen atoms in total. The van der Waals surface area contributed by atoms with Crippen molar-refractivity contribution in [1.29, 1.82) is 0 Å². The van der Waals surface area contributed by atoms with Crippen LogP contribution in [0.4, 0.5) is 22.7 Å². The zero-order chi connectivity index (χ0) is 22.5. The van der Waals surface area contributed by atoms with Crippen LogP contribution in [0, 0.1) is 20.2 Å². The number of rotatable bonds is 7. The second-order valence-electron chi connectivity index (χ2n) is 6.64. The molecule has 0 fully saturated rings. The highest BCUT2D eigenvalue weighted by molar-refractivity contribution is 6.30. The number of halogens is 1. The van der Waals surface area contributed by atoms with E-state index in [4.69, 9.17) is 11.6 Å². The Morgan fingerprint density at radius 2 is 1.61 bits per heavy atom. The maximum atomic E-state index is 13.0. The second-order valence-corrected chi connectivity index (χ2v) is 7.08. The maximum absolute atomic E-state index is 13.0. The van der Waals surface area contributed by atoms with Gasteiger partial charge >= 0.3 is 0 Å². The quantitative estimate of drug-likeness (QED) is 0.364. The van der Waals surface area contributed by atoms with E-state index in [1.54, 1.807) is 31.2 Å². The summed E-state index contributed by atoms with van der Waals surface area (Å²) in [5.74, 6) is -0.739. The molecule has 1 atom stereocenters. The van der Waals surface area contributed by atoms with Crippen LogP contribution in [0.5, 0.6) is 0 Å². The van der Waals surface area contributed by atoms with Crippen LogP contribution in [0.3, 0.4) is 0 Å². The van der Waals surface area contributed by atoms with Gasteiger partial charge in [0.2, 0.25) is 0 Å². The lowest BCUT2D eigenvalue weighted by atomic mass is 10.0. The lowest BCUT2D eigenvalue weighted by Gasteiger charge is -2.18. The molecule has 1 unspecified atom stereocenters. The highest BCUT2D eigenvalue weighted by atomic mass is 35.5. The van der Waals surface area contributed by atoms with Gasteiger partial charge in [0.15, 0.2) is 0 Å². The molecular formula is C21H17ClN4O5. The molecule has 158 valence electrons. The summed E-state index contributed by atoms with van der Waals surface area (Å²) in [7, 11) is 0. The maximum Gasteiger partial charge on any atom is 0.300 e. The van der Waals surface area contributed by atoms with Crippen molar-refractivity contribution in [2.75, 3.05) is 10.6 Å². The van der Waals surface area contributed by atoms with Gasteiger partial charge in [-0.15, -0.1) is 0 Å². The molecule has 0 bridgehead atoms. The van der Waals surface area contributed by atoms with E-state index in [1.807, 2.05) is 30.3 Å². The van der Waals surface area contributed by atoms with Crippen LogP contribution >= 0.6 is 11.6 Å². The van der Waals surface area contributed by atoms with E-state index in [-0.39, 0.29) is 11.3 Å². The van der Waals surface area contributed by atoms with Gasteiger partial charge in [0.1, 0.15) is 5.69 Å². The number of anilines is 2. The van der Waals surface area contributed by atoms with E-state index in [9.17, 15) is 25.0 Å². The first kappa shape index (κ1) is 21.7. The van der Waals surface area contributed by atoms with Crippen molar-refractivity contribution in [2.24, 2.45) is 0 Å². The third kappa shape index (κ3) is 5.14. The molecule has 0 spiro atoms. The van der Waals surface area contributed by atoms with Crippen molar-refractivity contribution in [2.45, 2.75) is 13.0 Å². The van der Waals surface area contributed by atoms with Gasteiger partial charge in [0.25, 0.3) is 17.3 Å². The minimum atomic E-state index is -0.781. The molecule has 0 aliphatic rings. The summed E-state index contributed by atoms with van der Waals surface area (Å²) in [5, 5.41) is 29.0. The van der Waals surface area contributed by atoms with Crippen LogP contribution in [0.2, 0.25) is 5.02 Å². The van der Waals surface area contributed by atoms with E-state index in [1.165, 1.54) is 0 Å². The van der Waals surface area contributed by atoms with Crippen LogP contribution in [-0.2, 0) is 0 Å². The van der Waals surface area contributed by atoms with Gasteiger partial charge in [-0.1, -0.05) is 41.9 Å². The van der Waals surface area contributed by atoms with E-state index in [0.29, 0.717) is 10.7 Å². The van der Waals surface area contributed by atoms with Gasteiger partial charge in [-0.2, -0.15) is 0 Å². The average molecular weight is 441 g/mol. The topological polar surface area (TPSA) is 127 Å². The first-order valence-corrected chi connectivity index (χ1v) is 9.49. The lowest BCUT2D eigenvalue weighted by molar-refractivity contribution is -0.393. The van der Waals surface area contributed by atoms with Crippen LogP contribution < -0.4 is 10.6 Å². The predicted molar refractivity (Wildman–Crippen MR) is 118 cm³/mol. The average Bonchev–Trinajstić information content (AvgIpc) is 2.75. The van der Waals surface area contributed by atoms with Crippen molar-refractivity contribution < 1.29 is 14.6 Å².